The molecule has 0 spiro atoms. The van der Waals surface area contributed by atoms with Crippen LogP contribution >= 0.6 is 11.6 Å². The Kier molecular flexibility index (Phi) is 6.34. The molecule has 2 aromatic rings. The lowest BCUT2D eigenvalue weighted by Gasteiger charge is -2.26. The number of likely N-dealkylation sites (N-methyl/N-ethyl adjacent to an activating group) is 1. The van der Waals surface area contributed by atoms with Gasteiger partial charge in [0, 0.05) is 17.6 Å². The Balaban J connectivity index is 2.06. The number of hydrogen-bond acceptors (Lipinski definition) is 4. The van der Waals surface area contributed by atoms with Crippen LogP contribution in [0, 0.1) is 6.92 Å². The lowest BCUT2D eigenvalue weighted by molar-refractivity contribution is 0.0927. The number of carbonyl (C=O) groups is 1. The molecule has 0 bridgehead atoms. The summed E-state index contributed by atoms with van der Waals surface area (Å²) < 4.78 is 1.64. The monoisotopic (exact) mass is 349 g/mol. The maximum Gasteiger partial charge on any atom is 0.291 e. The normalized spacial score (nSPS) is 12.4. The minimum Gasteiger partial charge on any atom is -0.348 e. The van der Waals surface area contributed by atoms with Crippen LogP contribution < -0.4 is 5.32 Å². The van der Waals surface area contributed by atoms with Gasteiger partial charge in [0.15, 0.2) is 0 Å². The zero-order valence-electron chi connectivity index (χ0n) is 14.6. The Labute approximate surface area is 147 Å². The summed E-state index contributed by atoms with van der Waals surface area (Å²) in [6.45, 7) is 10.6. The van der Waals surface area contributed by atoms with Crippen LogP contribution in [-0.4, -0.2) is 51.2 Å². The summed E-state index contributed by atoms with van der Waals surface area (Å²) in [4.78, 5) is 18.9. The number of aromatic nitrogens is 3. The average Bonchev–Trinajstić information content (AvgIpc) is 2.96. The minimum absolute atomic E-state index is 0.175. The zero-order valence-corrected chi connectivity index (χ0v) is 15.3. The molecule has 0 aliphatic rings. The van der Waals surface area contributed by atoms with E-state index in [9.17, 15) is 4.79 Å². The largest absolute Gasteiger partial charge is 0.348 e. The van der Waals surface area contributed by atoms with E-state index in [1.807, 2.05) is 19.1 Å². The topological polar surface area (TPSA) is 63.1 Å². The van der Waals surface area contributed by atoms with Gasteiger partial charge in [0.2, 0.25) is 5.82 Å². The van der Waals surface area contributed by atoms with Gasteiger partial charge >= 0.3 is 0 Å². The third kappa shape index (κ3) is 4.33. The first kappa shape index (κ1) is 18.4. The quantitative estimate of drug-likeness (QED) is 0.834. The Morgan fingerprint density at radius 1 is 1.29 bits per heavy atom. The number of hydrogen-bond donors (Lipinski definition) is 1. The summed E-state index contributed by atoms with van der Waals surface area (Å²) in [5.41, 5.74) is 0.819. The number of aryl methyl sites for hydroxylation is 1. The predicted octanol–water partition coefficient (Wildman–Crippen LogP) is 2.69. The summed E-state index contributed by atoms with van der Waals surface area (Å²) in [6.07, 6.45) is 0. The molecule has 6 nitrogen and oxygen atoms in total. The van der Waals surface area contributed by atoms with Gasteiger partial charge in [-0.25, -0.2) is 9.67 Å². The van der Waals surface area contributed by atoms with Gasteiger partial charge in [-0.2, -0.15) is 0 Å². The molecule has 0 aliphatic carbocycles. The molecular weight excluding hydrogens is 326 g/mol. The first-order chi connectivity index (χ1) is 11.5. The van der Waals surface area contributed by atoms with Crippen LogP contribution in [0.5, 0.6) is 0 Å². The van der Waals surface area contributed by atoms with Crippen molar-refractivity contribution in [3.8, 4) is 5.69 Å². The summed E-state index contributed by atoms with van der Waals surface area (Å²) in [5.74, 6) is 0.568. The number of rotatable bonds is 7. The summed E-state index contributed by atoms with van der Waals surface area (Å²) in [5, 5.41) is 7.87. The highest BCUT2D eigenvalue weighted by Crippen LogP contribution is 2.14. The predicted molar refractivity (Wildman–Crippen MR) is 95.8 cm³/mol. The second kappa shape index (κ2) is 8.26. The van der Waals surface area contributed by atoms with E-state index in [1.165, 1.54) is 0 Å². The maximum atomic E-state index is 12.3. The molecule has 1 heterocycles. The van der Waals surface area contributed by atoms with E-state index in [1.54, 1.807) is 16.8 Å². The Morgan fingerprint density at radius 3 is 2.50 bits per heavy atom. The van der Waals surface area contributed by atoms with Crippen molar-refractivity contribution in [3.63, 3.8) is 0 Å². The van der Waals surface area contributed by atoms with E-state index in [0.29, 0.717) is 17.4 Å². The minimum atomic E-state index is -0.259. The van der Waals surface area contributed by atoms with Crippen LogP contribution in [0.3, 0.4) is 0 Å². The van der Waals surface area contributed by atoms with Gasteiger partial charge in [-0.3, -0.25) is 9.69 Å². The van der Waals surface area contributed by atoms with E-state index < -0.39 is 0 Å². The number of nitrogens with zero attached hydrogens (tertiary/aromatic N) is 4. The van der Waals surface area contributed by atoms with Crippen LogP contribution in [-0.2, 0) is 0 Å². The van der Waals surface area contributed by atoms with Crippen LogP contribution in [0.2, 0.25) is 5.02 Å². The van der Waals surface area contributed by atoms with Crippen molar-refractivity contribution in [2.75, 3.05) is 19.6 Å². The van der Waals surface area contributed by atoms with E-state index in [2.05, 4.69) is 41.1 Å². The molecule has 7 heteroatoms. The Bertz CT molecular complexity index is 679. The van der Waals surface area contributed by atoms with Gasteiger partial charge in [-0.05, 0) is 51.2 Å². The van der Waals surface area contributed by atoms with Crippen LogP contribution in [0.25, 0.3) is 5.69 Å². The first-order valence-corrected chi connectivity index (χ1v) is 8.55. The third-order valence-electron chi connectivity index (χ3n) is 4.04. The highest BCUT2D eigenvalue weighted by atomic mass is 35.5. The second-order valence-corrected chi connectivity index (χ2v) is 6.09. The van der Waals surface area contributed by atoms with Crippen molar-refractivity contribution in [1.29, 1.82) is 0 Å². The smallest absolute Gasteiger partial charge is 0.291 e. The van der Waals surface area contributed by atoms with E-state index in [-0.39, 0.29) is 17.8 Å². The Morgan fingerprint density at radius 2 is 1.92 bits per heavy atom. The molecule has 0 saturated heterocycles. The number of nitrogens with one attached hydrogen (secondary N) is 1. The number of benzene rings is 1. The maximum absolute atomic E-state index is 12.3. The van der Waals surface area contributed by atoms with Crippen molar-refractivity contribution in [2.24, 2.45) is 0 Å². The molecule has 0 saturated carbocycles. The van der Waals surface area contributed by atoms with Crippen LogP contribution in [0.1, 0.15) is 37.2 Å². The number of carbonyl (C=O) groups excluding carboxylic acids is 1. The molecule has 1 amide bonds. The fourth-order valence-electron chi connectivity index (χ4n) is 2.61. The van der Waals surface area contributed by atoms with Gasteiger partial charge in [0.1, 0.15) is 5.82 Å². The van der Waals surface area contributed by atoms with Crippen molar-refractivity contribution >= 4 is 17.5 Å². The van der Waals surface area contributed by atoms with Crippen molar-refractivity contribution < 1.29 is 4.79 Å². The summed E-state index contributed by atoms with van der Waals surface area (Å²) >= 11 is 5.90. The average molecular weight is 350 g/mol. The van der Waals surface area contributed by atoms with Crippen molar-refractivity contribution in [3.05, 3.63) is 40.9 Å². The van der Waals surface area contributed by atoms with Crippen LogP contribution in [0.4, 0.5) is 0 Å². The van der Waals surface area contributed by atoms with Crippen molar-refractivity contribution in [1.82, 2.24) is 25.0 Å². The molecule has 0 fully saturated rings. The van der Waals surface area contributed by atoms with Gasteiger partial charge in [-0.1, -0.05) is 25.4 Å². The molecule has 24 heavy (non-hydrogen) atoms. The fraction of sp³-hybridized carbons (Fsp3) is 0.471. The number of halogens is 1. The van der Waals surface area contributed by atoms with Gasteiger partial charge in [0.25, 0.3) is 5.91 Å². The highest BCUT2D eigenvalue weighted by Gasteiger charge is 2.17. The molecule has 1 aromatic heterocycles. The van der Waals surface area contributed by atoms with E-state index in [0.717, 1.165) is 18.8 Å². The lowest BCUT2D eigenvalue weighted by Crippen LogP contribution is -2.42. The molecule has 0 radical (unpaired) electrons. The van der Waals surface area contributed by atoms with Gasteiger partial charge in [0.05, 0.1) is 5.69 Å². The molecule has 1 aromatic carbocycles. The summed E-state index contributed by atoms with van der Waals surface area (Å²) in [7, 11) is 0. The molecule has 0 aliphatic heterocycles. The van der Waals surface area contributed by atoms with Crippen LogP contribution in [0.15, 0.2) is 24.3 Å². The third-order valence-corrected chi connectivity index (χ3v) is 4.29. The highest BCUT2D eigenvalue weighted by molar-refractivity contribution is 6.30. The fourth-order valence-corrected chi connectivity index (χ4v) is 2.73. The second-order valence-electron chi connectivity index (χ2n) is 5.65. The molecule has 2 rings (SSSR count). The lowest BCUT2D eigenvalue weighted by atomic mass is 10.2. The van der Waals surface area contributed by atoms with Gasteiger partial charge in [-0.15, -0.1) is 5.10 Å². The molecular formula is C17H24ClN5O. The summed E-state index contributed by atoms with van der Waals surface area (Å²) in [6, 6.07) is 7.51. The Hall–Kier alpha value is -1.92. The van der Waals surface area contributed by atoms with Gasteiger partial charge < -0.3 is 5.32 Å². The first-order valence-electron chi connectivity index (χ1n) is 8.18. The number of amides is 1. The molecule has 1 atom stereocenters. The zero-order chi connectivity index (χ0) is 17.7. The standard InChI is InChI=1S/C17H24ClN5O/c1-5-22(6-2)12(3)11-19-17(24)16-20-13(4)23(21-16)15-9-7-14(18)8-10-15/h7-10,12H,5-6,11H2,1-4H3,(H,19,24). The van der Waals surface area contributed by atoms with E-state index in [4.69, 9.17) is 11.6 Å². The van der Waals surface area contributed by atoms with E-state index >= 15 is 0 Å². The molecule has 1 unspecified atom stereocenters. The molecule has 130 valence electrons. The SMILES string of the molecule is CCN(CC)C(C)CNC(=O)c1nc(C)n(-c2ccc(Cl)cc2)n1. The van der Waals surface area contributed by atoms with Crippen molar-refractivity contribution in [2.45, 2.75) is 33.7 Å². The molecule has 1 N–H and O–H groups in total.